The van der Waals surface area contributed by atoms with Gasteiger partial charge in [-0.05, 0) is 29.7 Å². The summed E-state index contributed by atoms with van der Waals surface area (Å²) in [7, 11) is 0. The Morgan fingerprint density at radius 1 is 1.29 bits per heavy atom. The van der Waals surface area contributed by atoms with Gasteiger partial charge in [-0.3, -0.25) is 0 Å². The maximum absolute atomic E-state index is 6.27. The van der Waals surface area contributed by atoms with Gasteiger partial charge in [0.15, 0.2) is 0 Å². The van der Waals surface area contributed by atoms with E-state index in [1.165, 1.54) is 5.56 Å². The van der Waals surface area contributed by atoms with Gasteiger partial charge in [-0.25, -0.2) is 0 Å². The maximum Gasteiger partial charge on any atom is 0.0463 e. The monoisotopic (exact) mass is 271 g/mol. The summed E-state index contributed by atoms with van der Waals surface area (Å²) in [6.07, 6.45) is 0.973. The molecule has 0 amide bonds. The van der Waals surface area contributed by atoms with Crippen molar-refractivity contribution < 1.29 is 0 Å². The highest BCUT2D eigenvalue weighted by atomic mass is 35.5. The average Bonchev–Trinajstić information content (AvgIpc) is 2.30. The Morgan fingerprint density at radius 3 is 2.47 bits per heavy atom. The van der Waals surface area contributed by atoms with Gasteiger partial charge in [-0.15, -0.1) is 0 Å². The van der Waals surface area contributed by atoms with Crippen molar-refractivity contribution in [1.29, 1.82) is 0 Å². The molecule has 0 bridgehead atoms. The van der Waals surface area contributed by atoms with Crippen LogP contribution in [0, 0.1) is 5.92 Å². The van der Waals surface area contributed by atoms with Gasteiger partial charge in [0.1, 0.15) is 0 Å². The van der Waals surface area contributed by atoms with E-state index < -0.39 is 0 Å². The molecule has 2 unspecified atom stereocenters. The summed E-state index contributed by atoms with van der Waals surface area (Å²) in [5, 5.41) is 1.13. The summed E-state index contributed by atoms with van der Waals surface area (Å²) >= 11 is 8.19. The number of hydrogen-bond acceptors (Lipinski definition) is 2. The van der Waals surface area contributed by atoms with Gasteiger partial charge in [0, 0.05) is 16.3 Å². The third-order valence-electron chi connectivity index (χ3n) is 2.68. The van der Waals surface area contributed by atoms with Gasteiger partial charge in [-0.2, -0.15) is 11.8 Å². The van der Waals surface area contributed by atoms with Crippen molar-refractivity contribution in [1.82, 2.24) is 0 Å². The van der Waals surface area contributed by atoms with Crippen molar-refractivity contribution in [3.8, 4) is 0 Å². The highest BCUT2D eigenvalue weighted by Crippen LogP contribution is 2.37. The third-order valence-corrected chi connectivity index (χ3v) is 4.85. The van der Waals surface area contributed by atoms with Crippen LogP contribution in [0.4, 0.5) is 0 Å². The minimum atomic E-state index is 0.165. The Hall–Kier alpha value is -0.180. The number of halogens is 1. The quantitative estimate of drug-likeness (QED) is 0.824. The largest absolute Gasteiger partial charge is 0.326 e. The molecule has 2 atom stereocenters. The topological polar surface area (TPSA) is 26.0 Å². The molecule has 96 valence electrons. The van der Waals surface area contributed by atoms with Gasteiger partial charge in [-0.1, -0.05) is 50.6 Å². The van der Waals surface area contributed by atoms with Crippen LogP contribution in [0.1, 0.15) is 38.0 Å². The number of thioether (sulfide) groups is 1. The number of hydrogen-bond donors (Lipinski definition) is 1. The Bertz CT molecular complexity index is 341. The van der Waals surface area contributed by atoms with E-state index in [-0.39, 0.29) is 6.04 Å². The summed E-state index contributed by atoms with van der Waals surface area (Å²) in [5.41, 5.74) is 7.40. The standard InChI is InChI=1S/C14H22ClNS/c1-4-13(16)14(17-9-10(2)3)11-7-5-6-8-12(11)15/h5-8,10,13-14H,4,9,16H2,1-3H3. The average molecular weight is 272 g/mol. The van der Waals surface area contributed by atoms with Crippen LogP contribution in [0.5, 0.6) is 0 Å². The van der Waals surface area contributed by atoms with Crippen molar-refractivity contribution in [2.24, 2.45) is 11.7 Å². The van der Waals surface area contributed by atoms with Crippen LogP contribution >= 0.6 is 23.4 Å². The van der Waals surface area contributed by atoms with E-state index in [9.17, 15) is 0 Å². The number of nitrogens with two attached hydrogens (primary N) is 1. The predicted octanol–water partition coefficient (Wildman–Crippen LogP) is 4.51. The van der Waals surface area contributed by atoms with E-state index >= 15 is 0 Å². The molecule has 1 nitrogen and oxygen atoms in total. The molecule has 0 radical (unpaired) electrons. The van der Waals surface area contributed by atoms with Gasteiger partial charge < -0.3 is 5.73 Å². The maximum atomic E-state index is 6.27. The molecule has 1 rings (SSSR count). The smallest absolute Gasteiger partial charge is 0.0463 e. The Balaban J connectivity index is 2.86. The fraction of sp³-hybridized carbons (Fsp3) is 0.571. The fourth-order valence-electron chi connectivity index (χ4n) is 1.66. The highest BCUT2D eigenvalue weighted by Gasteiger charge is 2.21. The normalized spacial score (nSPS) is 14.9. The van der Waals surface area contributed by atoms with Crippen LogP contribution in [0.25, 0.3) is 0 Å². The first-order valence-electron chi connectivity index (χ1n) is 6.17. The molecule has 2 N–H and O–H groups in total. The van der Waals surface area contributed by atoms with E-state index in [0.29, 0.717) is 11.2 Å². The van der Waals surface area contributed by atoms with Crippen molar-refractivity contribution in [2.75, 3.05) is 5.75 Å². The second-order valence-corrected chi connectivity index (χ2v) is 6.32. The zero-order valence-electron chi connectivity index (χ0n) is 10.8. The van der Waals surface area contributed by atoms with E-state index in [4.69, 9.17) is 17.3 Å². The van der Waals surface area contributed by atoms with Crippen LogP contribution in [0.3, 0.4) is 0 Å². The molecule has 0 aliphatic rings. The second-order valence-electron chi connectivity index (χ2n) is 4.74. The molecule has 0 aliphatic heterocycles. The first-order valence-corrected chi connectivity index (χ1v) is 7.60. The summed E-state index contributed by atoms with van der Waals surface area (Å²) < 4.78 is 0. The lowest BCUT2D eigenvalue weighted by Crippen LogP contribution is -2.26. The molecule has 0 spiro atoms. The molecule has 0 aromatic heterocycles. The lowest BCUT2D eigenvalue weighted by atomic mass is 10.0. The molecule has 0 aliphatic carbocycles. The van der Waals surface area contributed by atoms with Crippen LogP contribution in [0.2, 0.25) is 5.02 Å². The van der Waals surface area contributed by atoms with Crippen LogP contribution in [-0.2, 0) is 0 Å². The fourth-order valence-corrected chi connectivity index (χ4v) is 3.39. The molecule has 3 heteroatoms. The molecule has 1 aromatic carbocycles. The molecule has 0 saturated heterocycles. The summed E-state index contributed by atoms with van der Waals surface area (Å²) in [6, 6.07) is 8.21. The van der Waals surface area contributed by atoms with E-state index in [1.54, 1.807) is 0 Å². The molecule has 0 saturated carbocycles. The zero-order valence-corrected chi connectivity index (χ0v) is 12.4. The van der Waals surface area contributed by atoms with Crippen LogP contribution < -0.4 is 5.73 Å². The Morgan fingerprint density at radius 2 is 1.94 bits per heavy atom. The summed E-state index contributed by atoms with van der Waals surface area (Å²) in [4.78, 5) is 0. The van der Waals surface area contributed by atoms with Crippen molar-refractivity contribution >= 4 is 23.4 Å². The number of benzene rings is 1. The highest BCUT2D eigenvalue weighted by molar-refractivity contribution is 7.99. The van der Waals surface area contributed by atoms with Crippen molar-refractivity contribution in [3.05, 3.63) is 34.9 Å². The van der Waals surface area contributed by atoms with Crippen molar-refractivity contribution in [2.45, 2.75) is 38.5 Å². The van der Waals surface area contributed by atoms with Gasteiger partial charge in [0.2, 0.25) is 0 Å². The van der Waals surface area contributed by atoms with Crippen LogP contribution in [-0.4, -0.2) is 11.8 Å². The summed E-state index contributed by atoms with van der Waals surface area (Å²) in [5.74, 6) is 1.79. The SMILES string of the molecule is CCC(N)C(SCC(C)C)c1ccccc1Cl. The Labute approximate surface area is 114 Å². The predicted molar refractivity (Wildman–Crippen MR) is 79.8 cm³/mol. The van der Waals surface area contributed by atoms with E-state index in [0.717, 1.165) is 17.2 Å². The minimum absolute atomic E-state index is 0.165. The first kappa shape index (κ1) is 14.9. The van der Waals surface area contributed by atoms with E-state index in [2.05, 4.69) is 26.8 Å². The van der Waals surface area contributed by atoms with Gasteiger partial charge in [0.25, 0.3) is 0 Å². The molecule has 0 fully saturated rings. The molecule has 17 heavy (non-hydrogen) atoms. The van der Waals surface area contributed by atoms with E-state index in [1.807, 2.05) is 30.0 Å². The first-order chi connectivity index (χ1) is 8.06. The zero-order chi connectivity index (χ0) is 12.8. The van der Waals surface area contributed by atoms with Gasteiger partial charge in [0.05, 0.1) is 0 Å². The minimum Gasteiger partial charge on any atom is -0.326 e. The Kier molecular flexibility index (Phi) is 6.39. The molecule has 1 aromatic rings. The lowest BCUT2D eigenvalue weighted by molar-refractivity contribution is 0.631. The third kappa shape index (κ3) is 4.53. The van der Waals surface area contributed by atoms with Gasteiger partial charge >= 0.3 is 0 Å². The molecule has 0 heterocycles. The molecular weight excluding hydrogens is 250 g/mol. The summed E-state index contributed by atoms with van der Waals surface area (Å²) in [6.45, 7) is 6.59. The van der Waals surface area contributed by atoms with Crippen molar-refractivity contribution in [3.63, 3.8) is 0 Å². The number of rotatable bonds is 6. The molecular formula is C14H22ClNS. The second kappa shape index (κ2) is 7.30. The lowest BCUT2D eigenvalue weighted by Gasteiger charge is -2.24. The van der Waals surface area contributed by atoms with Crippen LogP contribution in [0.15, 0.2) is 24.3 Å².